The number of hydrogen-bond donors (Lipinski definition) is 0. The van der Waals surface area contributed by atoms with E-state index in [0.29, 0.717) is 0 Å². The highest BCUT2D eigenvalue weighted by Crippen LogP contribution is 2.74. The van der Waals surface area contributed by atoms with Crippen molar-refractivity contribution in [3.05, 3.63) is 0 Å². The van der Waals surface area contributed by atoms with Crippen molar-refractivity contribution in [3.63, 3.8) is 0 Å². The monoisotopic (exact) mass is 322 g/mol. The minimum absolute atomic E-state index is 0.152. The lowest BCUT2D eigenvalue weighted by atomic mass is 10.2. The van der Waals surface area contributed by atoms with Gasteiger partial charge in [0.15, 0.2) is 8.24 Å². The van der Waals surface area contributed by atoms with E-state index in [1.807, 2.05) is 0 Å². The van der Waals surface area contributed by atoms with Crippen molar-refractivity contribution in [1.82, 2.24) is 0 Å². The number of hydrogen-bond acceptors (Lipinski definition) is 1. The summed E-state index contributed by atoms with van der Waals surface area (Å²) in [5.74, 6) is 0. The van der Waals surface area contributed by atoms with Crippen molar-refractivity contribution < 1.29 is 0 Å². The van der Waals surface area contributed by atoms with Gasteiger partial charge < -0.3 is 4.41 Å². The Bertz CT molecular complexity index is 400. The van der Waals surface area contributed by atoms with Gasteiger partial charge in [-0.05, 0) is 27.0 Å². The Hall–Kier alpha value is 0.677. The molecule has 19 heavy (non-hydrogen) atoms. The molecular formula is C14H36N2P2Si. The Morgan fingerprint density at radius 2 is 1.05 bits per heavy atom. The Labute approximate surface area is 123 Å². The molecule has 0 radical (unpaired) electrons. The van der Waals surface area contributed by atoms with Crippen LogP contribution in [0.25, 0.3) is 0 Å². The molecule has 0 aliphatic heterocycles. The average Bonchev–Trinajstić information content (AvgIpc) is 1.91. The second-order valence-corrected chi connectivity index (χ2v) is 22.9. The second-order valence-electron chi connectivity index (χ2n) is 9.24. The van der Waals surface area contributed by atoms with Gasteiger partial charge in [0.25, 0.3) is 0 Å². The van der Waals surface area contributed by atoms with Crippen molar-refractivity contribution >= 4 is 22.5 Å². The summed E-state index contributed by atoms with van der Waals surface area (Å²) in [6.07, 6.45) is 0. The Balaban J connectivity index is 6.71. The molecule has 0 atom stereocenters. The molecular weight excluding hydrogens is 286 g/mol. The van der Waals surface area contributed by atoms with Gasteiger partial charge in [-0.2, -0.15) is 0 Å². The maximum Gasteiger partial charge on any atom is 0.172 e. The molecule has 0 fully saturated rings. The zero-order valence-corrected chi connectivity index (χ0v) is 18.1. The Morgan fingerprint density at radius 3 is 1.21 bits per heavy atom. The van der Waals surface area contributed by atoms with Gasteiger partial charge in [0, 0.05) is 10.3 Å². The van der Waals surface area contributed by atoms with Gasteiger partial charge in [-0.3, -0.25) is 4.52 Å². The lowest BCUT2D eigenvalue weighted by Gasteiger charge is -2.46. The molecule has 116 valence electrons. The van der Waals surface area contributed by atoms with E-state index < -0.39 is 22.5 Å². The van der Waals surface area contributed by atoms with Crippen LogP contribution < -0.4 is 0 Å². The summed E-state index contributed by atoms with van der Waals surface area (Å²) in [5.41, 5.74) is 0. The van der Waals surface area contributed by atoms with Crippen molar-refractivity contribution in [1.29, 1.82) is 0 Å². The van der Waals surface area contributed by atoms with E-state index in [4.69, 9.17) is 8.93 Å². The molecule has 0 N–H and O–H groups in total. The minimum Gasteiger partial charge on any atom is -0.317 e. The fourth-order valence-corrected chi connectivity index (χ4v) is 16.1. The van der Waals surface area contributed by atoms with Crippen LogP contribution >= 0.6 is 14.3 Å². The largest absolute Gasteiger partial charge is 0.317 e. The number of rotatable bonds is 2. The van der Waals surface area contributed by atoms with Crippen LogP contribution in [0, 0.1) is 0 Å². The lowest BCUT2D eigenvalue weighted by molar-refractivity contribution is 0.695. The average molecular weight is 322 g/mol. The first-order chi connectivity index (χ1) is 7.91. The fraction of sp³-hybridized carbons (Fsp3) is 1.00. The van der Waals surface area contributed by atoms with Crippen LogP contribution in [-0.4, -0.2) is 38.5 Å². The van der Waals surface area contributed by atoms with Crippen LogP contribution in [0.1, 0.15) is 41.5 Å². The van der Waals surface area contributed by atoms with Gasteiger partial charge >= 0.3 is 0 Å². The maximum atomic E-state index is 5.48. The van der Waals surface area contributed by atoms with Gasteiger partial charge in [-0.1, -0.05) is 61.2 Å². The molecule has 5 heteroatoms. The molecule has 0 saturated carbocycles. The van der Waals surface area contributed by atoms with E-state index in [-0.39, 0.29) is 10.3 Å². The van der Waals surface area contributed by atoms with Gasteiger partial charge in [0.05, 0.1) is 7.21 Å². The first-order valence-corrected chi connectivity index (χ1v) is 15.3. The molecule has 0 aliphatic rings. The van der Waals surface area contributed by atoms with Crippen molar-refractivity contribution in [2.45, 2.75) is 71.5 Å². The molecule has 0 unspecified atom stereocenters. The molecule has 0 aromatic heterocycles. The standard InChI is InChI=1S/C14H36N2P2Si/c1-13(2,3)18(14(4,5)6,15-17(7,8)9)16-19(10,11)12/h1-12H3. The van der Waals surface area contributed by atoms with E-state index in [0.717, 1.165) is 0 Å². The number of nitrogens with zero attached hydrogens (tertiary/aromatic N) is 2. The summed E-state index contributed by atoms with van der Waals surface area (Å²) in [4.78, 5) is 0. The molecule has 0 rings (SSSR count). The first-order valence-electron chi connectivity index (χ1n) is 7.11. The highest BCUT2D eigenvalue weighted by atomic mass is 31.2. The fourth-order valence-electron chi connectivity index (χ4n) is 2.42. The summed E-state index contributed by atoms with van der Waals surface area (Å²) in [6, 6.07) is 0. The molecule has 0 saturated heterocycles. The van der Waals surface area contributed by atoms with Crippen LogP contribution in [0.2, 0.25) is 19.6 Å². The summed E-state index contributed by atoms with van der Waals surface area (Å²) in [6.45, 7) is 28.0. The predicted molar refractivity (Wildman–Crippen MR) is 99.3 cm³/mol. The second kappa shape index (κ2) is 5.47. The van der Waals surface area contributed by atoms with E-state index in [2.05, 4.69) is 81.2 Å². The predicted octanol–water partition coefficient (Wildman–Crippen LogP) is 6.63. The molecule has 0 bridgehead atoms. The first kappa shape index (κ1) is 19.7. The van der Waals surface area contributed by atoms with Gasteiger partial charge in [-0.15, -0.1) is 0 Å². The van der Waals surface area contributed by atoms with E-state index >= 15 is 0 Å². The maximum absolute atomic E-state index is 5.48. The van der Waals surface area contributed by atoms with Crippen molar-refractivity contribution in [2.75, 3.05) is 20.0 Å². The van der Waals surface area contributed by atoms with Gasteiger partial charge in [-0.25, -0.2) is 0 Å². The van der Waals surface area contributed by atoms with Crippen LogP contribution in [-0.2, 0) is 0 Å². The third-order valence-electron chi connectivity index (χ3n) is 2.71. The summed E-state index contributed by atoms with van der Waals surface area (Å²) in [5, 5.41) is 0.303. The molecule has 2 nitrogen and oxygen atoms in total. The van der Waals surface area contributed by atoms with E-state index in [1.54, 1.807) is 0 Å². The van der Waals surface area contributed by atoms with Crippen molar-refractivity contribution in [3.8, 4) is 0 Å². The highest BCUT2D eigenvalue weighted by molar-refractivity contribution is 7.78. The summed E-state index contributed by atoms with van der Waals surface area (Å²) < 4.78 is 10.9. The van der Waals surface area contributed by atoms with Gasteiger partial charge in [0.1, 0.15) is 0 Å². The zero-order valence-electron chi connectivity index (χ0n) is 15.3. The zero-order chi connectivity index (χ0) is 15.9. The molecule has 0 amide bonds. The summed E-state index contributed by atoms with van der Waals surface area (Å²) in [7, 11) is -4.47. The van der Waals surface area contributed by atoms with Crippen molar-refractivity contribution in [2.24, 2.45) is 8.93 Å². The van der Waals surface area contributed by atoms with Crippen LogP contribution in [0.4, 0.5) is 0 Å². The Morgan fingerprint density at radius 1 is 0.737 bits per heavy atom. The van der Waals surface area contributed by atoms with Crippen LogP contribution in [0.15, 0.2) is 8.93 Å². The topological polar surface area (TPSA) is 24.7 Å². The lowest BCUT2D eigenvalue weighted by Crippen LogP contribution is -2.31. The minimum atomic E-state index is -1.75. The molecule has 0 aromatic carbocycles. The Kier molecular flexibility index (Phi) is 5.66. The van der Waals surface area contributed by atoms with Crippen LogP contribution in [0.3, 0.4) is 0 Å². The third-order valence-corrected chi connectivity index (χ3v) is 13.2. The third kappa shape index (κ3) is 5.52. The SMILES string of the molecule is CC(C)(C)P(N=P(C)(C)C)(=N[Si](C)(C)C)C(C)(C)C. The van der Waals surface area contributed by atoms with E-state index in [1.165, 1.54) is 0 Å². The summed E-state index contributed by atoms with van der Waals surface area (Å²) >= 11 is 0. The molecule has 0 spiro atoms. The normalized spacial score (nSPS) is 15.4. The van der Waals surface area contributed by atoms with E-state index in [9.17, 15) is 0 Å². The highest BCUT2D eigenvalue weighted by Gasteiger charge is 2.44. The smallest absolute Gasteiger partial charge is 0.172 e. The quantitative estimate of drug-likeness (QED) is 0.403. The van der Waals surface area contributed by atoms with Crippen LogP contribution in [0.5, 0.6) is 0 Å². The molecule has 0 aromatic rings. The van der Waals surface area contributed by atoms with Gasteiger partial charge in [0.2, 0.25) is 0 Å². The molecule has 0 aliphatic carbocycles. The molecule has 0 heterocycles.